The van der Waals surface area contributed by atoms with Crippen LogP contribution in [0.1, 0.15) is 48.1 Å². The number of hydrogen-bond acceptors (Lipinski definition) is 8. The second kappa shape index (κ2) is 11.0. The first-order valence-corrected chi connectivity index (χ1v) is 12.3. The molecule has 4 rings (SSSR count). The maximum atomic E-state index is 12.4. The van der Waals surface area contributed by atoms with Crippen LogP contribution in [0.15, 0.2) is 48.5 Å². The molecule has 34 heavy (non-hydrogen) atoms. The number of anilines is 1. The minimum Gasteiger partial charge on any atom is -0.462 e. The fourth-order valence-corrected chi connectivity index (χ4v) is 4.87. The lowest BCUT2D eigenvalue weighted by atomic mass is 9.98. The van der Waals surface area contributed by atoms with Gasteiger partial charge in [-0.25, -0.2) is 9.78 Å². The van der Waals surface area contributed by atoms with Crippen LogP contribution in [0.25, 0.3) is 22.5 Å². The lowest BCUT2D eigenvalue weighted by Crippen LogP contribution is -2.23. The maximum absolute atomic E-state index is 12.4. The molecule has 0 radical (unpaired) electrons. The van der Waals surface area contributed by atoms with Gasteiger partial charge in [0.2, 0.25) is 5.82 Å². The van der Waals surface area contributed by atoms with Crippen molar-refractivity contribution in [2.24, 2.45) is 0 Å². The number of thiazole rings is 1. The molecule has 1 N–H and O–H groups in total. The van der Waals surface area contributed by atoms with Crippen LogP contribution in [0, 0.1) is 0 Å². The summed E-state index contributed by atoms with van der Waals surface area (Å²) in [7, 11) is 0. The number of benzene rings is 2. The largest absolute Gasteiger partial charge is 0.462 e. The summed E-state index contributed by atoms with van der Waals surface area (Å²) in [6, 6.07) is 16.5. The van der Waals surface area contributed by atoms with Crippen molar-refractivity contribution in [2.45, 2.75) is 40.2 Å². The van der Waals surface area contributed by atoms with Crippen LogP contribution in [0.4, 0.5) is 5.13 Å². The van der Waals surface area contributed by atoms with E-state index in [2.05, 4.69) is 62.8 Å². The molecular formula is C25H28N6O2S. The zero-order valence-electron chi connectivity index (χ0n) is 19.6. The first kappa shape index (κ1) is 23.6. The van der Waals surface area contributed by atoms with E-state index in [9.17, 15) is 4.79 Å². The number of rotatable bonds is 10. The van der Waals surface area contributed by atoms with Crippen LogP contribution >= 0.6 is 11.3 Å². The predicted molar refractivity (Wildman–Crippen MR) is 134 cm³/mol. The van der Waals surface area contributed by atoms with E-state index in [0.29, 0.717) is 30.3 Å². The molecule has 0 saturated carbocycles. The number of esters is 1. The first-order valence-electron chi connectivity index (χ1n) is 11.5. The van der Waals surface area contributed by atoms with Crippen molar-refractivity contribution in [1.82, 2.24) is 25.6 Å². The Morgan fingerprint density at radius 2 is 1.82 bits per heavy atom. The number of carbonyl (C=O) groups excluding carboxylic acids is 1. The van der Waals surface area contributed by atoms with Gasteiger partial charge >= 0.3 is 5.97 Å². The molecule has 0 aliphatic rings. The molecule has 0 atom stereocenters. The highest BCUT2D eigenvalue weighted by atomic mass is 32.1. The predicted octanol–water partition coefficient (Wildman–Crippen LogP) is 5.15. The highest BCUT2D eigenvalue weighted by Gasteiger charge is 2.21. The summed E-state index contributed by atoms with van der Waals surface area (Å²) in [5, 5.41) is 15.3. The van der Waals surface area contributed by atoms with Gasteiger partial charge in [0.05, 0.1) is 12.3 Å². The lowest BCUT2D eigenvalue weighted by molar-refractivity contribution is 0.0530. The number of nitrogens with one attached hydrogen (secondary N) is 1. The van der Waals surface area contributed by atoms with E-state index in [1.807, 2.05) is 32.0 Å². The van der Waals surface area contributed by atoms with Crippen molar-refractivity contribution in [3.05, 3.63) is 64.7 Å². The van der Waals surface area contributed by atoms with Crippen LogP contribution in [0.3, 0.4) is 0 Å². The number of ether oxygens (including phenoxy) is 1. The third-order valence-electron chi connectivity index (χ3n) is 5.40. The fourth-order valence-electron chi connectivity index (χ4n) is 3.80. The molecule has 4 aromatic rings. The molecule has 0 bridgehead atoms. The van der Waals surface area contributed by atoms with Gasteiger partial charge in [-0.15, -0.1) is 10.2 Å². The quantitative estimate of drug-likeness (QED) is 0.316. The molecule has 0 amide bonds. The van der Waals surface area contributed by atoms with Crippen molar-refractivity contribution in [2.75, 3.05) is 18.1 Å². The average molecular weight is 477 g/mol. The summed E-state index contributed by atoms with van der Waals surface area (Å²) in [6.07, 6.45) is 1.67. The Bertz CT molecular complexity index is 1220. The molecule has 0 aliphatic heterocycles. The van der Waals surface area contributed by atoms with Gasteiger partial charge in [0.1, 0.15) is 4.88 Å². The molecule has 2 heterocycles. The minimum atomic E-state index is -0.288. The summed E-state index contributed by atoms with van der Waals surface area (Å²) in [5.74, 6) is 0.283. The minimum absolute atomic E-state index is 0.288. The van der Waals surface area contributed by atoms with Crippen molar-refractivity contribution < 1.29 is 9.53 Å². The number of carbonyl (C=O) groups is 1. The SMILES string of the molecule is CCCN(Cc1ccc(-c2ccccc2-c2nn[nH]n2)cc1)c1nc(CC)c(C(=O)OCC)s1. The molecule has 9 heteroatoms. The second-order valence-corrected chi connectivity index (χ2v) is 8.72. The monoisotopic (exact) mass is 476 g/mol. The van der Waals surface area contributed by atoms with Crippen molar-refractivity contribution in [1.29, 1.82) is 0 Å². The number of hydrogen-bond donors (Lipinski definition) is 1. The van der Waals surface area contributed by atoms with Gasteiger partial charge in [-0.05, 0) is 41.7 Å². The van der Waals surface area contributed by atoms with Gasteiger partial charge < -0.3 is 9.64 Å². The molecule has 2 aromatic carbocycles. The Balaban J connectivity index is 1.57. The molecular weight excluding hydrogens is 448 g/mol. The van der Waals surface area contributed by atoms with E-state index in [4.69, 9.17) is 9.72 Å². The van der Waals surface area contributed by atoms with Crippen molar-refractivity contribution in [3.8, 4) is 22.5 Å². The standard InChI is InChI=1S/C25H28N6O2S/c1-4-15-31(25-26-21(5-2)22(34-25)24(32)33-6-3)16-17-11-13-18(14-12-17)19-9-7-8-10-20(19)23-27-29-30-28-23/h7-14H,4-6,15-16H2,1-3H3,(H,27,28,29,30). The maximum Gasteiger partial charge on any atom is 0.350 e. The first-order chi connectivity index (χ1) is 16.6. The van der Waals surface area contributed by atoms with Crippen LogP contribution in [0.5, 0.6) is 0 Å². The molecule has 0 fully saturated rings. The Labute approximate surface area is 203 Å². The van der Waals surface area contributed by atoms with E-state index >= 15 is 0 Å². The third-order valence-corrected chi connectivity index (χ3v) is 6.54. The molecule has 0 aliphatic carbocycles. The number of tetrazole rings is 1. The number of aromatic nitrogens is 5. The third kappa shape index (κ3) is 5.14. The summed E-state index contributed by atoms with van der Waals surface area (Å²) in [5.41, 5.74) is 5.02. The molecule has 0 saturated heterocycles. The summed E-state index contributed by atoms with van der Waals surface area (Å²) < 4.78 is 5.23. The molecule has 2 aromatic heterocycles. The molecule has 8 nitrogen and oxygen atoms in total. The Morgan fingerprint density at radius 3 is 2.47 bits per heavy atom. The van der Waals surface area contributed by atoms with Crippen molar-refractivity contribution in [3.63, 3.8) is 0 Å². The highest BCUT2D eigenvalue weighted by Crippen LogP contribution is 2.31. The zero-order valence-corrected chi connectivity index (χ0v) is 20.4. The van der Waals surface area contributed by atoms with E-state index in [1.165, 1.54) is 16.9 Å². The number of nitrogens with zero attached hydrogens (tertiary/aromatic N) is 5. The van der Waals surface area contributed by atoms with Gasteiger partial charge in [-0.1, -0.05) is 73.7 Å². The summed E-state index contributed by atoms with van der Waals surface area (Å²) in [6.45, 7) is 7.89. The topological polar surface area (TPSA) is 96.9 Å². The lowest BCUT2D eigenvalue weighted by Gasteiger charge is -2.21. The van der Waals surface area contributed by atoms with Gasteiger partial charge in [0, 0.05) is 18.7 Å². The number of aryl methyl sites for hydroxylation is 1. The Morgan fingerprint density at radius 1 is 1.06 bits per heavy atom. The van der Waals surface area contributed by atoms with E-state index in [-0.39, 0.29) is 5.97 Å². The number of aromatic amines is 1. The van der Waals surface area contributed by atoms with Crippen LogP contribution in [-0.2, 0) is 17.7 Å². The Hall–Kier alpha value is -3.59. The Kier molecular flexibility index (Phi) is 7.64. The molecule has 0 unspecified atom stereocenters. The normalized spacial score (nSPS) is 10.9. The van der Waals surface area contributed by atoms with Crippen molar-refractivity contribution >= 4 is 22.4 Å². The van der Waals surface area contributed by atoms with Gasteiger partial charge in [0.15, 0.2) is 5.13 Å². The molecule has 176 valence electrons. The summed E-state index contributed by atoms with van der Waals surface area (Å²) in [4.78, 5) is 20.0. The van der Waals surface area contributed by atoms with Crippen LogP contribution < -0.4 is 4.90 Å². The van der Waals surface area contributed by atoms with Crippen LogP contribution in [-0.4, -0.2) is 44.7 Å². The van der Waals surface area contributed by atoms with E-state index in [1.54, 1.807) is 0 Å². The molecule has 0 spiro atoms. The van der Waals surface area contributed by atoms with Gasteiger partial charge in [0.25, 0.3) is 0 Å². The second-order valence-electron chi connectivity index (χ2n) is 7.75. The van der Waals surface area contributed by atoms with Gasteiger partial charge in [-0.3, -0.25) is 0 Å². The average Bonchev–Trinajstić information content (AvgIpc) is 3.55. The van der Waals surface area contributed by atoms with Gasteiger partial charge in [-0.2, -0.15) is 5.21 Å². The van der Waals surface area contributed by atoms with Crippen LogP contribution in [0.2, 0.25) is 0 Å². The number of H-pyrrole nitrogens is 1. The van der Waals surface area contributed by atoms with E-state index in [0.717, 1.165) is 40.5 Å². The zero-order chi connectivity index (χ0) is 23.9. The smallest absolute Gasteiger partial charge is 0.350 e. The highest BCUT2D eigenvalue weighted by molar-refractivity contribution is 7.17. The van der Waals surface area contributed by atoms with E-state index < -0.39 is 0 Å². The fraction of sp³-hybridized carbons (Fsp3) is 0.320. The summed E-state index contributed by atoms with van der Waals surface area (Å²) >= 11 is 1.42.